The van der Waals surface area contributed by atoms with Crippen LogP contribution in [0.2, 0.25) is 0 Å². The van der Waals surface area contributed by atoms with Crippen molar-refractivity contribution in [2.45, 2.75) is 26.3 Å². The first kappa shape index (κ1) is 14.0. The molecule has 0 fully saturated rings. The highest BCUT2D eigenvalue weighted by Crippen LogP contribution is 2.26. The van der Waals surface area contributed by atoms with E-state index < -0.39 is 0 Å². The molecule has 1 N–H and O–H groups in total. The number of benzene rings is 1. The maximum absolute atomic E-state index is 11.1. The number of anilines is 1. The predicted molar refractivity (Wildman–Crippen MR) is 78.7 cm³/mol. The number of nitro groups is 1. The van der Waals surface area contributed by atoms with Gasteiger partial charge < -0.3 is 5.32 Å². The molecule has 20 heavy (non-hydrogen) atoms. The molecule has 0 aliphatic rings. The van der Waals surface area contributed by atoms with Gasteiger partial charge in [0.05, 0.1) is 11.0 Å². The average molecular weight is 271 g/mol. The van der Waals surface area contributed by atoms with Gasteiger partial charge in [-0.3, -0.25) is 15.1 Å². The van der Waals surface area contributed by atoms with Crippen molar-refractivity contribution in [2.75, 3.05) is 5.32 Å². The van der Waals surface area contributed by atoms with Crippen molar-refractivity contribution in [1.29, 1.82) is 0 Å². The highest BCUT2D eigenvalue weighted by atomic mass is 16.6. The summed E-state index contributed by atoms with van der Waals surface area (Å²) >= 11 is 0. The summed E-state index contributed by atoms with van der Waals surface area (Å²) in [5.41, 5.74) is 2.69. The Hall–Kier alpha value is -2.43. The molecular formula is C15H17N3O2. The quantitative estimate of drug-likeness (QED) is 0.664. The van der Waals surface area contributed by atoms with Gasteiger partial charge in [-0.25, -0.2) is 0 Å². The summed E-state index contributed by atoms with van der Waals surface area (Å²) in [4.78, 5) is 14.8. The van der Waals surface area contributed by atoms with Gasteiger partial charge in [0.1, 0.15) is 0 Å². The molecule has 0 bridgehead atoms. The van der Waals surface area contributed by atoms with Crippen LogP contribution in [0.1, 0.15) is 31.0 Å². The molecule has 104 valence electrons. The highest BCUT2D eigenvalue weighted by Gasteiger charge is 2.14. The highest BCUT2D eigenvalue weighted by molar-refractivity contribution is 5.56. The van der Waals surface area contributed by atoms with Crippen LogP contribution in [-0.2, 0) is 6.42 Å². The lowest BCUT2D eigenvalue weighted by atomic mass is 10.1. The molecule has 0 radical (unpaired) electrons. The molecule has 1 aromatic carbocycles. The monoisotopic (exact) mass is 271 g/mol. The van der Waals surface area contributed by atoms with E-state index in [0.717, 1.165) is 16.8 Å². The minimum atomic E-state index is -0.335. The first-order chi connectivity index (χ1) is 9.61. The summed E-state index contributed by atoms with van der Waals surface area (Å²) < 4.78 is 0. The number of aryl methyl sites for hydroxylation is 1. The smallest absolute Gasteiger partial charge is 0.274 e. The summed E-state index contributed by atoms with van der Waals surface area (Å²) in [6, 6.07) is 9.15. The van der Waals surface area contributed by atoms with Crippen molar-refractivity contribution in [3.63, 3.8) is 0 Å². The van der Waals surface area contributed by atoms with E-state index in [4.69, 9.17) is 0 Å². The zero-order valence-electron chi connectivity index (χ0n) is 11.5. The Bertz CT molecular complexity index is 599. The fourth-order valence-corrected chi connectivity index (χ4v) is 2.09. The molecule has 5 nitrogen and oxygen atoms in total. The maximum Gasteiger partial charge on any atom is 0.274 e. The molecular weight excluding hydrogens is 254 g/mol. The lowest BCUT2D eigenvalue weighted by molar-refractivity contribution is -0.385. The van der Waals surface area contributed by atoms with Gasteiger partial charge in [-0.1, -0.05) is 19.1 Å². The van der Waals surface area contributed by atoms with Crippen molar-refractivity contribution in [1.82, 2.24) is 4.98 Å². The van der Waals surface area contributed by atoms with E-state index in [9.17, 15) is 10.1 Å². The summed E-state index contributed by atoms with van der Waals surface area (Å²) in [5, 5.41) is 14.3. The van der Waals surface area contributed by atoms with Crippen LogP contribution in [0.3, 0.4) is 0 Å². The number of aromatic nitrogens is 1. The molecule has 0 amide bonds. The van der Waals surface area contributed by atoms with Gasteiger partial charge in [0.2, 0.25) is 0 Å². The normalized spacial score (nSPS) is 11.9. The second kappa shape index (κ2) is 6.14. The summed E-state index contributed by atoms with van der Waals surface area (Å²) in [6.07, 6.45) is 4.15. The Morgan fingerprint density at radius 2 is 2.20 bits per heavy atom. The number of pyridine rings is 1. The zero-order valence-corrected chi connectivity index (χ0v) is 11.5. The van der Waals surface area contributed by atoms with Gasteiger partial charge in [0, 0.05) is 29.7 Å². The molecule has 5 heteroatoms. The number of rotatable bonds is 5. The summed E-state index contributed by atoms with van der Waals surface area (Å²) in [7, 11) is 0. The van der Waals surface area contributed by atoms with E-state index >= 15 is 0 Å². The number of hydrogen-bond donors (Lipinski definition) is 1. The molecule has 1 unspecified atom stereocenters. The fraction of sp³-hybridized carbons (Fsp3) is 0.267. The second-order valence-corrected chi connectivity index (χ2v) is 4.61. The van der Waals surface area contributed by atoms with Crippen LogP contribution < -0.4 is 5.32 Å². The Kier molecular flexibility index (Phi) is 4.30. The SMILES string of the molecule is CCc1ccc(NC(C)c2cccnc2)cc1[N+](=O)[O-]. The standard InChI is InChI=1S/C15H17N3O2/c1-3-12-6-7-14(9-15(12)18(19)20)17-11(2)13-5-4-8-16-10-13/h4-11,17H,3H2,1-2H3. The molecule has 0 saturated carbocycles. The van der Waals surface area contributed by atoms with Gasteiger partial charge in [0.25, 0.3) is 5.69 Å². The van der Waals surface area contributed by atoms with Crippen LogP contribution in [0.25, 0.3) is 0 Å². The lowest BCUT2D eigenvalue weighted by Gasteiger charge is -2.15. The van der Waals surface area contributed by atoms with E-state index in [1.54, 1.807) is 24.5 Å². The minimum Gasteiger partial charge on any atom is -0.378 e. The fourth-order valence-electron chi connectivity index (χ4n) is 2.09. The van der Waals surface area contributed by atoms with Crippen molar-refractivity contribution in [2.24, 2.45) is 0 Å². The molecule has 0 aliphatic carbocycles. The zero-order chi connectivity index (χ0) is 14.5. The van der Waals surface area contributed by atoms with E-state index in [1.807, 2.05) is 32.0 Å². The van der Waals surface area contributed by atoms with E-state index in [-0.39, 0.29) is 16.7 Å². The van der Waals surface area contributed by atoms with Gasteiger partial charge in [-0.15, -0.1) is 0 Å². The van der Waals surface area contributed by atoms with E-state index in [2.05, 4.69) is 10.3 Å². The third kappa shape index (κ3) is 3.12. The van der Waals surface area contributed by atoms with Crippen LogP contribution >= 0.6 is 0 Å². The molecule has 2 rings (SSSR count). The molecule has 0 saturated heterocycles. The van der Waals surface area contributed by atoms with Crippen LogP contribution in [0.5, 0.6) is 0 Å². The lowest BCUT2D eigenvalue weighted by Crippen LogP contribution is -2.07. The molecule has 0 aliphatic heterocycles. The van der Waals surface area contributed by atoms with Gasteiger partial charge >= 0.3 is 0 Å². The van der Waals surface area contributed by atoms with Gasteiger partial charge in [0.15, 0.2) is 0 Å². The largest absolute Gasteiger partial charge is 0.378 e. The number of nitrogens with zero attached hydrogens (tertiary/aromatic N) is 2. The summed E-state index contributed by atoms with van der Waals surface area (Å²) in [5.74, 6) is 0. The van der Waals surface area contributed by atoms with Crippen LogP contribution in [0, 0.1) is 10.1 Å². The topological polar surface area (TPSA) is 68.1 Å². The van der Waals surface area contributed by atoms with Crippen LogP contribution in [0.15, 0.2) is 42.7 Å². The number of nitrogens with one attached hydrogen (secondary N) is 1. The predicted octanol–water partition coefficient (Wildman–Crippen LogP) is 3.73. The van der Waals surface area contributed by atoms with Crippen LogP contribution in [0.4, 0.5) is 11.4 Å². The van der Waals surface area contributed by atoms with E-state index in [0.29, 0.717) is 6.42 Å². The molecule has 1 aromatic heterocycles. The Morgan fingerprint density at radius 3 is 2.80 bits per heavy atom. The second-order valence-electron chi connectivity index (χ2n) is 4.61. The Morgan fingerprint density at radius 1 is 1.40 bits per heavy atom. The number of hydrogen-bond acceptors (Lipinski definition) is 4. The molecule has 1 heterocycles. The van der Waals surface area contributed by atoms with Crippen molar-refractivity contribution in [3.05, 3.63) is 64.0 Å². The van der Waals surface area contributed by atoms with Crippen molar-refractivity contribution < 1.29 is 4.92 Å². The molecule has 2 aromatic rings. The van der Waals surface area contributed by atoms with Gasteiger partial charge in [-0.2, -0.15) is 0 Å². The maximum atomic E-state index is 11.1. The molecule has 0 spiro atoms. The average Bonchev–Trinajstić information content (AvgIpc) is 2.48. The van der Waals surface area contributed by atoms with Crippen molar-refractivity contribution >= 4 is 11.4 Å². The minimum absolute atomic E-state index is 0.0378. The third-order valence-corrected chi connectivity index (χ3v) is 3.23. The van der Waals surface area contributed by atoms with Crippen molar-refractivity contribution in [3.8, 4) is 0 Å². The molecule has 1 atom stereocenters. The first-order valence-corrected chi connectivity index (χ1v) is 6.55. The van der Waals surface area contributed by atoms with Crippen LogP contribution in [-0.4, -0.2) is 9.91 Å². The number of nitro benzene ring substituents is 1. The summed E-state index contributed by atoms with van der Waals surface area (Å²) in [6.45, 7) is 3.91. The van der Waals surface area contributed by atoms with Gasteiger partial charge in [-0.05, 0) is 31.0 Å². The Labute approximate surface area is 117 Å². The Balaban J connectivity index is 2.22. The first-order valence-electron chi connectivity index (χ1n) is 6.55. The third-order valence-electron chi connectivity index (χ3n) is 3.23. The van der Waals surface area contributed by atoms with E-state index in [1.165, 1.54) is 0 Å².